The number of hydrogen-bond acceptors (Lipinski definition) is 7. The zero-order valence-electron chi connectivity index (χ0n) is 26.4. The largest absolute Gasteiger partial charge is 0.481 e. The van der Waals surface area contributed by atoms with E-state index in [9.17, 15) is 19.2 Å². The molecule has 0 unspecified atom stereocenters. The molecule has 0 bridgehead atoms. The molecule has 1 fully saturated rings. The molecule has 11 nitrogen and oxygen atoms in total. The summed E-state index contributed by atoms with van der Waals surface area (Å²) in [7, 11) is 4.30. The maximum absolute atomic E-state index is 15.5. The van der Waals surface area contributed by atoms with Gasteiger partial charge in [-0.2, -0.15) is 0 Å². The van der Waals surface area contributed by atoms with Gasteiger partial charge in [0, 0.05) is 73.3 Å². The Kier molecular flexibility index (Phi) is 8.73. The van der Waals surface area contributed by atoms with Crippen LogP contribution in [-0.2, 0) is 25.3 Å². The van der Waals surface area contributed by atoms with Crippen molar-refractivity contribution in [1.82, 2.24) is 24.8 Å². The van der Waals surface area contributed by atoms with E-state index in [0.29, 0.717) is 41.2 Å². The number of nitrogens with one attached hydrogen (secondary N) is 3. The number of benzene rings is 2. The summed E-state index contributed by atoms with van der Waals surface area (Å²) in [5.41, 5.74) is 2.90. The van der Waals surface area contributed by atoms with Gasteiger partial charge in [0.15, 0.2) is 0 Å². The number of anilines is 1. The molecule has 1 aliphatic heterocycles. The first-order valence-electron chi connectivity index (χ1n) is 15.2. The Labute approximate surface area is 274 Å². The maximum atomic E-state index is 15.5. The monoisotopic (exact) mass is 660 g/mol. The molecule has 3 N–H and O–H groups in total. The van der Waals surface area contributed by atoms with Gasteiger partial charge in [-0.3, -0.25) is 19.0 Å². The molecule has 0 saturated carbocycles. The lowest BCUT2D eigenvalue weighted by Gasteiger charge is -2.20. The van der Waals surface area contributed by atoms with Gasteiger partial charge < -0.3 is 25.3 Å². The van der Waals surface area contributed by atoms with Crippen LogP contribution in [0.2, 0.25) is 5.02 Å². The van der Waals surface area contributed by atoms with Crippen molar-refractivity contribution >= 4 is 29.1 Å². The standard InChI is InChI=1S/C34H34ClFN6O5/c1-17-24(39-31(44)22-16-41(2)34(46)42(3)33(22)45)12-10-23(36)28(17)21-7-5-6-20(30(21)35)26-14-18-8-11-25(29(18)32(40-26)47-4)37-15-19-9-13-27(43)38-19/h5-7,10,12,14,16,19,25,37H,8-9,11,13,15H2,1-4H3,(H,38,43)(H,39,44)/t19-,25-/m0/s1. The van der Waals surface area contributed by atoms with Crippen LogP contribution in [-0.4, -0.2) is 45.6 Å². The third kappa shape index (κ3) is 5.94. The summed E-state index contributed by atoms with van der Waals surface area (Å²) in [6, 6.07) is 10.00. The minimum absolute atomic E-state index is 0.0245. The summed E-state index contributed by atoms with van der Waals surface area (Å²) >= 11 is 7.00. The van der Waals surface area contributed by atoms with Crippen LogP contribution in [0, 0.1) is 12.7 Å². The van der Waals surface area contributed by atoms with Crippen molar-refractivity contribution in [2.45, 2.75) is 44.7 Å². The Morgan fingerprint density at radius 3 is 2.62 bits per heavy atom. The van der Waals surface area contributed by atoms with Gasteiger partial charge >= 0.3 is 5.69 Å². The summed E-state index contributed by atoms with van der Waals surface area (Å²) in [4.78, 5) is 54.3. The summed E-state index contributed by atoms with van der Waals surface area (Å²) in [6.45, 7) is 2.30. The van der Waals surface area contributed by atoms with Gasteiger partial charge in [-0.05, 0) is 55.5 Å². The number of rotatable bonds is 8. The summed E-state index contributed by atoms with van der Waals surface area (Å²) in [6.07, 6.45) is 4.16. The fourth-order valence-corrected chi connectivity index (χ4v) is 6.76. The number of amides is 2. The number of aromatic nitrogens is 3. The minimum atomic E-state index is -0.747. The minimum Gasteiger partial charge on any atom is -0.481 e. The quantitative estimate of drug-likeness (QED) is 0.260. The van der Waals surface area contributed by atoms with Crippen LogP contribution in [0.1, 0.15) is 52.4 Å². The number of nitrogens with zero attached hydrogens (tertiary/aromatic N) is 3. The van der Waals surface area contributed by atoms with Crippen LogP contribution < -0.4 is 31.9 Å². The molecule has 2 aromatic heterocycles. The Bertz CT molecular complexity index is 2060. The zero-order chi connectivity index (χ0) is 33.6. The lowest BCUT2D eigenvalue weighted by atomic mass is 9.95. The summed E-state index contributed by atoms with van der Waals surface area (Å²) in [5, 5.41) is 9.51. The molecule has 0 spiro atoms. The molecule has 1 aliphatic carbocycles. The van der Waals surface area contributed by atoms with Gasteiger partial charge in [-0.25, -0.2) is 14.2 Å². The van der Waals surface area contributed by atoms with E-state index in [1.165, 1.54) is 32.4 Å². The molecule has 2 atom stereocenters. The van der Waals surface area contributed by atoms with Gasteiger partial charge in [0.2, 0.25) is 11.8 Å². The van der Waals surface area contributed by atoms with E-state index in [2.05, 4.69) is 16.0 Å². The van der Waals surface area contributed by atoms with Crippen LogP contribution in [0.5, 0.6) is 5.88 Å². The molecule has 4 aromatic rings. The molecule has 3 heterocycles. The van der Waals surface area contributed by atoms with E-state index < -0.39 is 23.0 Å². The molecular weight excluding hydrogens is 627 g/mol. The number of halogens is 2. The molecule has 2 amide bonds. The number of fused-ring (bicyclic) bond motifs is 1. The normalized spacial score (nSPS) is 17.0. The predicted molar refractivity (Wildman–Crippen MR) is 176 cm³/mol. The number of methoxy groups -OCH3 is 1. The van der Waals surface area contributed by atoms with E-state index in [4.69, 9.17) is 21.3 Å². The van der Waals surface area contributed by atoms with Gasteiger partial charge in [0.05, 0.1) is 17.8 Å². The number of hydrogen-bond donors (Lipinski definition) is 3. The van der Waals surface area contributed by atoms with Crippen molar-refractivity contribution in [3.8, 4) is 28.3 Å². The maximum Gasteiger partial charge on any atom is 0.330 e. The smallest absolute Gasteiger partial charge is 0.330 e. The predicted octanol–water partition coefficient (Wildman–Crippen LogP) is 4.03. The first-order valence-corrected chi connectivity index (χ1v) is 15.6. The zero-order valence-corrected chi connectivity index (χ0v) is 27.1. The molecular formula is C34H34ClFN6O5. The Morgan fingerprint density at radius 1 is 1.13 bits per heavy atom. The second kappa shape index (κ2) is 12.8. The molecule has 47 heavy (non-hydrogen) atoms. The topological polar surface area (TPSA) is 136 Å². The highest BCUT2D eigenvalue weighted by Gasteiger charge is 2.30. The number of ether oxygens (including phenoxy) is 1. The van der Waals surface area contributed by atoms with Crippen molar-refractivity contribution in [2.24, 2.45) is 14.1 Å². The highest BCUT2D eigenvalue weighted by Crippen LogP contribution is 2.43. The molecule has 2 aliphatic rings. The number of carbonyl (C=O) groups is 2. The number of aryl methyl sites for hydroxylation is 2. The van der Waals surface area contributed by atoms with Crippen molar-refractivity contribution in [3.63, 3.8) is 0 Å². The van der Waals surface area contributed by atoms with Crippen molar-refractivity contribution in [2.75, 3.05) is 19.0 Å². The third-order valence-corrected chi connectivity index (χ3v) is 9.35. The van der Waals surface area contributed by atoms with Crippen LogP contribution in [0.3, 0.4) is 0 Å². The summed E-state index contributed by atoms with van der Waals surface area (Å²) in [5.74, 6) is -0.742. The Hall–Kier alpha value is -4.81. The van der Waals surface area contributed by atoms with Gasteiger partial charge in [0.1, 0.15) is 11.4 Å². The molecule has 13 heteroatoms. The average molecular weight is 661 g/mol. The molecule has 1 saturated heterocycles. The van der Waals surface area contributed by atoms with Crippen LogP contribution in [0.4, 0.5) is 10.1 Å². The highest BCUT2D eigenvalue weighted by atomic mass is 35.5. The first kappa shape index (κ1) is 32.1. The van der Waals surface area contributed by atoms with Crippen LogP contribution in [0.25, 0.3) is 22.4 Å². The van der Waals surface area contributed by atoms with Gasteiger partial charge in [0.25, 0.3) is 11.5 Å². The van der Waals surface area contributed by atoms with E-state index in [-0.39, 0.29) is 39.8 Å². The van der Waals surface area contributed by atoms with E-state index in [1.807, 2.05) is 12.1 Å². The van der Waals surface area contributed by atoms with Gasteiger partial charge in [-0.15, -0.1) is 0 Å². The lowest BCUT2D eigenvalue weighted by Crippen LogP contribution is -2.40. The van der Waals surface area contributed by atoms with Crippen LogP contribution >= 0.6 is 11.6 Å². The van der Waals surface area contributed by atoms with E-state index in [0.717, 1.165) is 39.5 Å². The van der Waals surface area contributed by atoms with Crippen LogP contribution in [0.15, 0.2) is 52.2 Å². The summed E-state index contributed by atoms with van der Waals surface area (Å²) < 4.78 is 23.3. The first-order chi connectivity index (χ1) is 22.5. The Balaban J connectivity index is 1.32. The second-order valence-corrected chi connectivity index (χ2v) is 12.3. The van der Waals surface area contributed by atoms with Crippen molar-refractivity contribution in [3.05, 3.63) is 96.5 Å². The lowest BCUT2D eigenvalue weighted by molar-refractivity contribution is -0.119. The SMILES string of the molecule is COc1nc(-c2cccc(-c3c(F)ccc(NC(=O)c4cn(C)c(=O)n(C)c4=O)c3C)c2Cl)cc2c1[C@@H](NC[C@@H]1CCC(=O)N1)CC2. The molecule has 0 radical (unpaired) electrons. The average Bonchev–Trinajstić information content (AvgIpc) is 3.67. The van der Waals surface area contributed by atoms with E-state index in [1.54, 1.807) is 26.2 Å². The Morgan fingerprint density at radius 2 is 1.89 bits per heavy atom. The van der Waals surface area contributed by atoms with Crippen molar-refractivity contribution < 1.29 is 18.7 Å². The molecule has 244 valence electrons. The van der Waals surface area contributed by atoms with Gasteiger partial charge in [-0.1, -0.05) is 29.8 Å². The third-order valence-electron chi connectivity index (χ3n) is 8.95. The van der Waals surface area contributed by atoms with E-state index >= 15 is 4.39 Å². The molecule has 2 aromatic carbocycles. The second-order valence-electron chi connectivity index (χ2n) is 11.9. The number of pyridine rings is 1. The van der Waals surface area contributed by atoms with Crippen molar-refractivity contribution in [1.29, 1.82) is 0 Å². The number of carbonyl (C=O) groups excluding carboxylic acids is 2. The molecule has 6 rings (SSSR count). The fourth-order valence-electron chi connectivity index (χ4n) is 6.44. The fraction of sp³-hybridized carbons (Fsp3) is 0.324. The highest BCUT2D eigenvalue weighted by molar-refractivity contribution is 6.36.